The van der Waals surface area contributed by atoms with Crippen LogP contribution >= 0.6 is 0 Å². The van der Waals surface area contributed by atoms with Crippen molar-refractivity contribution in [2.24, 2.45) is 0 Å². The van der Waals surface area contributed by atoms with Crippen molar-refractivity contribution in [2.45, 2.75) is 13.8 Å². The number of rotatable bonds is 7. The Morgan fingerprint density at radius 1 is 1.22 bits per heavy atom. The smallest absolute Gasteiger partial charge is 0.223 e. The van der Waals surface area contributed by atoms with Crippen LogP contribution in [0.4, 0.5) is 17.6 Å². The van der Waals surface area contributed by atoms with Crippen LogP contribution in [0, 0.1) is 0 Å². The van der Waals surface area contributed by atoms with Crippen LogP contribution in [0.5, 0.6) is 0 Å². The Bertz CT molecular complexity index is 489. The molecule has 0 bridgehead atoms. The zero-order valence-electron chi connectivity index (χ0n) is 10.6. The molecule has 0 aliphatic heterocycles. The van der Waals surface area contributed by atoms with E-state index in [0.717, 1.165) is 6.54 Å². The minimum absolute atomic E-state index is 0.0734. The van der Waals surface area contributed by atoms with Gasteiger partial charge in [0, 0.05) is 24.9 Å². The van der Waals surface area contributed by atoms with Crippen LogP contribution in [0.1, 0.15) is 13.8 Å². The molecule has 1 heterocycles. The van der Waals surface area contributed by atoms with E-state index in [1.807, 2.05) is 6.92 Å². The molecular weight excluding hydrogens is 254 g/mol. The zero-order chi connectivity index (χ0) is 13.6. The second-order valence-electron chi connectivity index (χ2n) is 3.69. The Balaban J connectivity index is 2.62. The molecule has 18 heavy (non-hydrogen) atoms. The molecule has 0 unspecified atom stereocenters. The Morgan fingerprint density at radius 2 is 1.83 bits per heavy atom. The molecule has 1 aromatic heterocycles. The van der Waals surface area contributed by atoms with Crippen LogP contribution < -0.4 is 16.4 Å². The summed E-state index contributed by atoms with van der Waals surface area (Å²) in [6.07, 6.45) is 0. The van der Waals surface area contributed by atoms with Crippen molar-refractivity contribution in [3.8, 4) is 0 Å². The topological polar surface area (TPSA) is 110 Å². The quantitative estimate of drug-likeness (QED) is 0.657. The van der Waals surface area contributed by atoms with E-state index in [2.05, 4.69) is 20.6 Å². The third-order valence-corrected chi connectivity index (χ3v) is 3.97. The standard InChI is InChI=1S/C10H19N5O2S/c1-3-12-8-7-9(15-10(11)14-8)13-5-6-18(16,17)4-2/h7H,3-6H2,1-2H3,(H4,11,12,13,14,15). The molecule has 4 N–H and O–H groups in total. The average molecular weight is 273 g/mol. The van der Waals surface area contributed by atoms with Crippen LogP contribution in [-0.4, -0.2) is 43.0 Å². The van der Waals surface area contributed by atoms with Crippen molar-refractivity contribution in [1.82, 2.24) is 9.97 Å². The van der Waals surface area contributed by atoms with Gasteiger partial charge in [0.2, 0.25) is 5.95 Å². The van der Waals surface area contributed by atoms with Gasteiger partial charge in [-0.1, -0.05) is 6.92 Å². The first-order chi connectivity index (χ1) is 8.46. The fourth-order valence-corrected chi connectivity index (χ4v) is 2.01. The van der Waals surface area contributed by atoms with Gasteiger partial charge in [0.05, 0.1) is 5.75 Å². The number of nitrogens with two attached hydrogens (primary N) is 1. The fourth-order valence-electron chi connectivity index (χ4n) is 1.31. The van der Waals surface area contributed by atoms with Crippen molar-refractivity contribution in [3.05, 3.63) is 6.07 Å². The lowest BCUT2D eigenvalue weighted by atomic mass is 10.5. The first kappa shape index (κ1) is 14.5. The normalized spacial score (nSPS) is 11.2. The maximum Gasteiger partial charge on any atom is 0.223 e. The van der Waals surface area contributed by atoms with Gasteiger partial charge in [-0.15, -0.1) is 0 Å². The van der Waals surface area contributed by atoms with E-state index < -0.39 is 9.84 Å². The SMILES string of the molecule is CCNc1cc(NCCS(=O)(=O)CC)nc(N)n1. The van der Waals surface area contributed by atoms with Crippen molar-refractivity contribution >= 4 is 27.4 Å². The molecule has 0 radical (unpaired) electrons. The highest BCUT2D eigenvalue weighted by molar-refractivity contribution is 7.91. The van der Waals surface area contributed by atoms with Crippen molar-refractivity contribution in [3.63, 3.8) is 0 Å². The number of hydrogen-bond acceptors (Lipinski definition) is 7. The van der Waals surface area contributed by atoms with Crippen molar-refractivity contribution in [1.29, 1.82) is 0 Å². The van der Waals surface area contributed by atoms with Gasteiger partial charge in [-0.05, 0) is 6.92 Å². The third kappa shape index (κ3) is 4.74. The number of nitrogens with one attached hydrogen (secondary N) is 2. The number of aromatic nitrogens is 2. The first-order valence-electron chi connectivity index (χ1n) is 5.79. The zero-order valence-corrected chi connectivity index (χ0v) is 11.4. The van der Waals surface area contributed by atoms with Crippen LogP contribution in [0.15, 0.2) is 6.07 Å². The Labute approximate surface area is 107 Å². The van der Waals surface area contributed by atoms with E-state index in [0.29, 0.717) is 18.2 Å². The molecule has 0 atom stereocenters. The van der Waals surface area contributed by atoms with Gasteiger partial charge in [0.15, 0.2) is 9.84 Å². The van der Waals surface area contributed by atoms with Gasteiger partial charge >= 0.3 is 0 Å². The van der Waals surface area contributed by atoms with E-state index in [-0.39, 0.29) is 17.5 Å². The van der Waals surface area contributed by atoms with Gasteiger partial charge in [0.1, 0.15) is 11.6 Å². The molecule has 8 heteroatoms. The van der Waals surface area contributed by atoms with Crippen LogP contribution in [0.2, 0.25) is 0 Å². The molecule has 0 saturated heterocycles. The molecule has 0 saturated carbocycles. The molecule has 0 aromatic carbocycles. The molecule has 0 spiro atoms. The van der Waals surface area contributed by atoms with E-state index in [1.165, 1.54) is 0 Å². The number of anilines is 3. The minimum Gasteiger partial charge on any atom is -0.370 e. The molecule has 1 rings (SSSR count). The lowest BCUT2D eigenvalue weighted by Crippen LogP contribution is -2.18. The summed E-state index contributed by atoms with van der Waals surface area (Å²) in [5.41, 5.74) is 5.55. The van der Waals surface area contributed by atoms with Crippen molar-refractivity contribution in [2.75, 3.05) is 41.0 Å². The molecule has 0 fully saturated rings. The van der Waals surface area contributed by atoms with Gasteiger partial charge in [-0.25, -0.2) is 8.42 Å². The van der Waals surface area contributed by atoms with Crippen LogP contribution in [0.25, 0.3) is 0 Å². The molecule has 0 aliphatic rings. The lowest BCUT2D eigenvalue weighted by molar-refractivity contribution is 0.597. The van der Waals surface area contributed by atoms with Gasteiger partial charge < -0.3 is 16.4 Å². The summed E-state index contributed by atoms with van der Waals surface area (Å²) in [7, 11) is -2.97. The summed E-state index contributed by atoms with van der Waals surface area (Å²) in [5, 5.41) is 5.94. The summed E-state index contributed by atoms with van der Waals surface area (Å²) < 4.78 is 22.6. The van der Waals surface area contributed by atoms with Crippen LogP contribution in [-0.2, 0) is 9.84 Å². The summed E-state index contributed by atoms with van der Waals surface area (Å²) >= 11 is 0. The molecule has 7 nitrogen and oxygen atoms in total. The fraction of sp³-hybridized carbons (Fsp3) is 0.600. The molecule has 1 aromatic rings. The highest BCUT2D eigenvalue weighted by atomic mass is 32.2. The maximum absolute atomic E-state index is 11.3. The van der Waals surface area contributed by atoms with E-state index in [1.54, 1.807) is 13.0 Å². The number of nitrogen functional groups attached to an aromatic ring is 1. The van der Waals surface area contributed by atoms with E-state index >= 15 is 0 Å². The number of hydrogen-bond donors (Lipinski definition) is 3. The minimum atomic E-state index is -2.97. The summed E-state index contributed by atoms with van der Waals surface area (Å²) in [6, 6.07) is 1.69. The summed E-state index contributed by atoms with van der Waals surface area (Å²) in [5.74, 6) is 1.50. The highest BCUT2D eigenvalue weighted by Crippen LogP contribution is 2.11. The van der Waals surface area contributed by atoms with Crippen LogP contribution in [0.3, 0.4) is 0 Å². The predicted molar refractivity (Wildman–Crippen MR) is 73.4 cm³/mol. The van der Waals surface area contributed by atoms with Gasteiger partial charge in [-0.2, -0.15) is 9.97 Å². The lowest BCUT2D eigenvalue weighted by Gasteiger charge is -2.08. The largest absolute Gasteiger partial charge is 0.370 e. The Kier molecular flexibility index (Phi) is 5.14. The second-order valence-corrected chi connectivity index (χ2v) is 6.16. The summed E-state index contributed by atoms with van der Waals surface area (Å²) in [6.45, 7) is 4.60. The molecule has 102 valence electrons. The number of nitrogens with zero attached hydrogens (tertiary/aromatic N) is 2. The van der Waals surface area contributed by atoms with Gasteiger partial charge in [0.25, 0.3) is 0 Å². The number of sulfone groups is 1. The predicted octanol–water partition coefficient (Wildman–Crippen LogP) is 0.337. The second kappa shape index (κ2) is 6.39. The van der Waals surface area contributed by atoms with Crippen molar-refractivity contribution < 1.29 is 8.42 Å². The van der Waals surface area contributed by atoms with E-state index in [4.69, 9.17) is 5.73 Å². The molecule has 0 aliphatic carbocycles. The molecule has 0 amide bonds. The average Bonchev–Trinajstić information content (AvgIpc) is 2.28. The van der Waals surface area contributed by atoms with Gasteiger partial charge in [-0.3, -0.25) is 0 Å². The third-order valence-electron chi connectivity index (χ3n) is 2.26. The monoisotopic (exact) mass is 273 g/mol. The first-order valence-corrected chi connectivity index (χ1v) is 7.61. The highest BCUT2D eigenvalue weighted by Gasteiger charge is 2.07. The molecular formula is C10H19N5O2S. The van der Waals surface area contributed by atoms with E-state index in [9.17, 15) is 8.42 Å². The Hall–Kier alpha value is -1.57. The maximum atomic E-state index is 11.3. The summed E-state index contributed by atoms with van der Waals surface area (Å²) in [4.78, 5) is 7.98. The Morgan fingerprint density at radius 3 is 2.39 bits per heavy atom.